The van der Waals surface area contributed by atoms with Crippen LogP contribution < -0.4 is 9.62 Å². The number of anilines is 1. The van der Waals surface area contributed by atoms with E-state index in [0.717, 1.165) is 27.4 Å². The fraction of sp³-hybridized carbons (Fsp3) is 0.296. The Morgan fingerprint density at radius 3 is 2.18 bits per heavy atom. The summed E-state index contributed by atoms with van der Waals surface area (Å²) in [6, 6.07) is 20.9. The van der Waals surface area contributed by atoms with E-state index < -0.39 is 10.0 Å². The van der Waals surface area contributed by atoms with E-state index in [2.05, 4.69) is 19.2 Å². The maximum absolute atomic E-state index is 13.6. The zero-order chi connectivity index (χ0) is 24.9. The van der Waals surface area contributed by atoms with Crippen molar-refractivity contribution < 1.29 is 13.2 Å². The normalized spacial score (nSPS) is 12.4. The van der Waals surface area contributed by atoms with Gasteiger partial charge in [-0.25, -0.2) is 8.42 Å². The van der Waals surface area contributed by atoms with Crippen LogP contribution in [0.5, 0.6) is 0 Å². The maximum atomic E-state index is 13.6. The van der Waals surface area contributed by atoms with Gasteiger partial charge in [0.05, 0.1) is 16.6 Å². The van der Waals surface area contributed by atoms with Gasteiger partial charge in [-0.1, -0.05) is 61.8 Å². The minimum Gasteiger partial charge on any atom is -0.348 e. The van der Waals surface area contributed by atoms with Crippen LogP contribution in [-0.2, 0) is 14.8 Å². The zero-order valence-corrected chi connectivity index (χ0v) is 21.5. The fourth-order valence-corrected chi connectivity index (χ4v) is 5.27. The highest BCUT2D eigenvalue weighted by Crippen LogP contribution is 2.27. The van der Waals surface area contributed by atoms with Gasteiger partial charge < -0.3 is 5.32 Å². The van der Waals surface area contributed by atoms with Crippen molar-refractivity contribution in [1.29, 1.82) is 0 Å². The number of carbonyl (C=O) groups is 1. The van der Waals surface area contributed by atoms with Crippen molar-refractivity contribution in [2.24, 2.45) is 5.92 Å². The lowest BCUT2D eigenvalue weighted by molar-refractivity contribution is -0.120. The zero-order valence-electron chi connectivity index (χ0n) is 20.0. The average molecular weight is 499 g/mol. The monoisotopic (exact) mass is 498 g/mol. The first kappa shape index (κ1) is 25.8. The van der Waals surface area contributed by atoms with Crippen LogP contribution in [0, 0.1) is 19.8 Å². The van der Waals surface area contributed by atoms with Crippen molar-refractivity contribution in [2.75, 3.05) is 10.8 Å². The van der Waals surface area contributed by atoms with Crippen LogP contribution in [0.25, 0.3) is 0 Å². The molecular weight excluding hydrogens is 468 g/mol. The van der Waals surface area contributed by atoms with Gasteiger partial charge in [-0.05, 0) is 79.3 Å². The predicted molar refractivity (Wildman–Crippen MR) is 139 cm³/mol. The summed E-state index contributed by atoms with van der Waals surface area (Å²) in [4.78, 5) is 13.3. The molecule has 5 nitrogen and oxygen atoms in total. The van der Waals surface area contributed by atoms with E-state index in [0.29, 0.717) is 16.6 Å². The van der Waals surface area contributed by atoms with Crippen LogP contribution in [0.4, 0.5) is 5.69 Å². The molecule has 180 valence electrons. The fourth-order valence-electron chi connectivity index (χ4n) is 3.74. The summed E-state index contributed by atoms with van der Waals surface area (Å²) < 4.78 is 28.4. The molecule has 0 aliphatic carbocycles. The minimum atomic E-state index is -4.01. The molecule has 1 N–H and O–H groups in total. The minimum absolute atomic E-state index is 0.0738. The molecule has 0 aliphatic rings. The molecular formula is C27H31ClN2O3S. The Morgan fingerprint density at radius 2 is 1.59 bits per heavy atom. The molecule has 3 aromatic rings. The van der Waals surface area contributed by atoms with Gasteiger partial charge in [0.2, 0.25) is 5.91 Å². The number of nitrogens with zero attached hydrogens (tertiary/aromatic N) is 1. The van der Waals surface area contributed by atoms with Crippen LogP contribution >= 0.6 is 11.6 Å². The molecule has 0 bridgehead atoms. The van der Waals surface area contributed by atoms with Crippen molar-refractivity contribution in [2.45, 2.75) is 45.1 Å². The molecule has 1 amide bonds. The Hall–Kier alpha value is -2.83. The van der Waals surface area contributed by atoms with E-state index in [9.17, 15) is 13.2 Å². The third kappa shape index (κ3) is 6.39. The van der Waals surface area contributed by atoms with E-state index in [-0.39, 0.29) is 23.4 Å². The molecule has 1 atom stereocenters. The molecule has 0 saturated heterocycles. The van der Waals surface area contributed by atoms with Crippen LogP contribution in [0.2, 0.25) is 5.02 Å². The topological polar surface area (TPSA) is 66.5 Å². The van der Waals surface area contributed by atoms with Crippen molar-refractivity contribution in [3.05, 3.63) is 94.5 Å². The van der Waals surface area contributed by atoms with Crippen molar-refractivity contribution in [3.63, 3.8) is 0 Å². The quantitative estimate of drug-likeness (QED) is 0.390. The van der Waals surface area contributed by atoms with Crippen LogP contribution in [0.3, 0.4) is 0 Å². The molecule has 7 heteroatoms. The van der Waals surface area contributed by atoms with E-state index in [1.54, 1.807) is 12.1 Å². The third-order valence-electron chi connectivity index (χ3n) is 5.71. The lowest BCUT2D eigenvalue weighted by Gasteiger charge is -2.27. The summed E-state index contributed by atoms with van der Waals surface area (Å²) in [5, 5.41) is 3.50. The van der Waals surface area contributed by atoms with E-state index in [1.165, 1.54) is 24.3 Å². The Bertz CT molecular complexity index is 1230. The Balaban J connectivity index is 1.95. The highest BCUT2D eigenvalue weighted by molar-refractivity contribution is 7.92. The Kier molecular flexibility index (Phi) is 8.39. The molecule has 34 heavy (non-hydrogen) atoms. The van der Waals surface area contributed by atoms with Crippen LogP contribution in [0.1, 0.15) is 43.0 Å². The molecule has 0 saturated carbocycles. The van der Waals surface area contributed by atoms with Crippen LogP contribution in [0.15, 0.2) is 77.7 Å². The van der Waals surface area contributed by atoms with Crippen molar-refractivity contribution in [1.82, 2.24) is 5.32 Å². The molecule has 0 heterocycles. The molecule has 0 radical (unpaired) electrons. The van der Waals surface area contributed by atoms with E-state index in [1.807, 2.05) is 50.2 Å². The van der Waals surface area contributed by atoms with Gasteiger partial charge in [0.25, 0.3) is 10.0 Å². The van der Waals surface area contributed by atoms with E-state index >= 15 is 0 Å². The third-order valence-corrected chi connectivity index (χ3v) is 7.75. The van der Waals surface area contributed by atoms with Crippen molar-refractivity contribution in [3.8, 4) is 0 Å². The molecule has 0 aromatic heterocycles. The van der Waals surface area contributed by atoms with Gasteiger partial charge in [-0.3, -0.25) is 9.10 Å². The number of nitrogens with one attached hydrogen (secondary N) is 1. The maximum Gasteiger partial charge on any atom is 0.264 e. The Morgan fingerprint density at radius 1 is 0.941 bits per heavy atom. The second kappa shape index (κ2) is 11.1. The molecule has 3 aromatic carbocycles. The largest absolute Gasteiger partial charge is 0.348 e. The summed E-state index contributed by atoms with van der Waals surface area (Å²) in [7, 11) is -4.01. The van der Waals surface area contributed by atoms with Gasteiger partial charge in [0, 0.05) is 5.02 Å². The molecule has 1 unspecified atom stereocenters. The van der Waals surface area contributed by atoms with Crippen LogP contribution in [-0.4, -0.2) is 20.9 Å². The first-order valence-corrected chi connectivity index (χ1v) is 13.1. The van der Waals surface area contributed by atoms with Gasteiger partial charge in [-0.15, -0.1) is 0 Å². The first-order chi connectivity index (χ1) is 16.1. The molecule has 0 spiro atoms. The number of hydrogen-bond donors (Lipinski definition) is 1. The number of benzene rings is 3. The SMILES string of the molecule is Cc1ccc(N(CC(=O)NC(CC(C)C)c2ccccc2)S(=O)(=O)c2ccc(Cl)cc2)cc1C. The van der Waals surface area contributed by atoms with Gasteiger partial charge >= 0.3 is 0 Å². The number of halogens is 1. The molecule has 0 fully saturated rings. The summed E-state index contributed by atoms with van der Waals surface area (Å²) >= 11 is 5.97. The predicted octanol–water partition coefficient (Wildman–Crippen LogP) is 6.06. The summed E-state index contributed by atoms with van der Waals surface area (Å²) in [5.41, 5.74) is 3.41. The summed E-state index contributed by atoms with van der Waals surface area (Å²) in [5.74, 6) is -0.0237. The number of hydrogen-bond acceptors (Lipinski definition) is 3. The number of carbonyl (C=O) groups excluding carboxylic acids is 1. The molecule has 0 aliphatic heterocycles. The van der Waals surface area contributed by atoms with E-state index in [4.69, 9.17) is 11.6 Å². The summed E-state index contributed by atoms with van der Waals surface area (Å²) in [6.45, 7) is 7.72. The number of rotatable bonds is 9. The second-order valence-corrected chi connectivity index (χ2v) is 11.2. The lowest BCUT2D eigenvalue weighted by atomic mass is 9.97. The first-order valence-electron chi connectivity index (χ1n) is 11.3. The lowest BCUT2D eigenvalue weighted by Crippen LogP contribution is -2.42. The number of amides is 1. The number of sulfonamides is 1. The molecule has 3 rings (SSSR count). The van der Waals surface area contributed by atoms with Crippen molar-refractivity contribution >= 4 is 33.2 Å². The van der Waals surface area contributed by atoms with Gasteiger partial charge in [-0.2, -0.15) is 0 Å². The van der Waals surface area contributed by atoms with Gasteiger partial charge in [0.15, 0.2) is 0 Å². The second-order valence-electron chi connectivity index (χ2n) is 8.89. The smallest absolute Gasteiger partial charge is 0.264 e. The highest BCUT2D eigenvalue weighted by atomic mass is 35.5. The van der Waals surface area contributed by atoms with Gasteiger partial charge in [0.1, 0.15) is 6.54 Å². The Labute approximate surface area is 207 Å². The number of aryl methyl sites for hydroxylation is 2. The summed E-state index contributed by atoms with van der Waals surface area (Å²) in [6.07, 6.45) is 0.739. The highest BCUT2D eigenvalue weighted by Gasteiger charge is 2.28. The standard InChI is InChI=1S/C27H31ClN2O3S/c1-19(2)16-26(22-8-6-5-7-9-22)29-27(31)18-30(24-13-10-20(3)21(4)17-24)34(32,33)25-14-11-23(28)12-15-25/h5-15,17,19,26H,16,18H2,1-4H3,(H,29,31). The average Bonchev–Trinajstić information content (AvgIpc) is 2.79.